The number of ether oxygens (including phenoxy) is 1. The summed E-state index contributed by atoms with van der Waals surface area (Å²) in [5.41, 5.74) is 2.13. The fourth-order valence-electron chi connectivity index (χ4n) is 2.50. The first kappa shape index (κ1) is 13.7. The molecule has 0 atom stereocenters. The third-order valence-electron chi connectivity index (χ3n) is 3.48. The van der Waals surface area contributed by atoms with Crippen molar-refractivity contribution in [3.05, 3.63) is 36.0 Å². The summed E-state index contributed by atoms with van der Waals surface area (Å²) in [6.45, 7) is 6.51. The maximum Gasteiger partial charge on any atom is 0.224 e. The van der Waals surface area contributed by atoms with E-state index in [1.807, 2.05) is 38.2 Å². The van der Waals surface area contributed by atoms with Gasteiger partial charge in [0, 0.05) is 24.8 Å². The Balaban J connectivity index is 2.05. The number of benzene rings is 1. The quantitative estimate of drug-likeness (QED) is 0.938. The number of aryl methyl sites for hydroxylation is 1. The van der Waals surface area contributed by atoms with E-state index in [1.165, 1.54) is 0 Å². The van der Waals surface area contributed by atoms with Gasteiger partial charge in [-0.2, -0.15) is 4.98 Å². The number of nitrogens with one attached hydrogen (secondary N) is 1. The predicted octanol–water partition coefficient (Wildman–Crippen LogP) is 3.14. The maximum absolute atomic E-state index is 5.82. The average Bonchev–Trinajstić information content (AvgIpc) is 2.72. The molecule has 0 saturated heterocycles. The number of fused-ring (bicyclic) bond motifs is 1. The van der Waals surface area contributed by atoms with E-state index in [0.717, 1.165) is 48.9 Å². The Morgan fingerprint density at radius 1 is 1.33 bits per heavy atom. The van der Waals surface area contributed by atoms with Crippen LogP contribution in [0.3, 0.4) is 0 Å². The van der Waals surface area contributed by atoms with Crippen LogP contribution in [0, 0.1) is 6.92 Å². The molecular weight excluding hydrogens is 264 g/mol. The van der Waals surface area contributed by atoms with Crippen LogP contribution in [-0.4, -0.2) is 29.7 Å². The van der Waals surface area contributed by atoms with Crippen molar-refractivity contribution in [3.63, 3.8) is 0 Å². The molecule has 5 heteroatoms. The second-order valence-electron chi connectivity index (χ2n) is 5.05. The molecule has 3 rings (SSSR count). The highest BCUT2D eigenvalue weighted by molar-refractivity contribution is 5.69. The van der Waals surface area contributed by atoms with Crippen LogP contribution in [0.25, 0.3) is 0 Å². The molecule has 0 bridgehead atoms. The largest absolute Gasteiger partial charge is 0.491 e. The Hall–Kier alpha value is -2.30. The van der Waals surface area contributed by atoms with E-state index >= 15 is 0 Å². The van der Waals surface area contributed by atoms with Crippen molar-refractivity contribution in [2.45, 2.75) is 20.3 Å². The topological polar surface area (TPSA) is 50.3 Å². The van der Waals surface area contributed by atoms with Gasteiger partial charge in [0.2, 0.25) is 5.95 Å². The molecule has 1 N–H and O–H groups in total. The Morgan fingerprint density at radius 3 is 3.05 bits per heavy atom. The van der Waals surface area contributed by atoms with E-state index < -0.39 is 0 Å². The molecule has 2 aromatic rings. The SMILES string of the molecule is CCNc1ncc(C)c(N2CCCOc3ccccc32)n1. The molecule has 2 heterocycles. The number of para-hydroxylation sites is 2. The van der Waals surface area contributed by atoms with E-state index in [0.29, 0.717) is 5.95 Å². The highest BCUT2D eigenvalue weighted by atomic mass is 16.5. The fraction of sp³-hybridized carbons (Fsp3) is 0.375. The number of aromatic nitrogens is 2. The van der Waals surface area contributed by atoms with Crippen molar-refractivity contribution in [2.75, 3.05) is 29.9 Å². The molecule has 0 unspecified atom stereocenters. The van der Waals surface area contributed by atoms with Gasteiger partial charge in [-0.1, -0.05) is 12.1 Å². The third-order valence-corrected chi connectivity index (χ3v) is 3.48. The molecule has 5 nitrogen and oxygen atoms in total. The summed E-state index contributed by atoms with van der Waals surface area (Å²) in [4.78, 5) is 11.2. The molecule has 1 aromatic heterocycles. The summed E-state index contributed by atoms with van der Waals surface area (Å²) in [6.07, 6.45) is 2.84. The zero-order chi connectivity index (χ0) is 14.7. The highest BCUT2D eigenvalue weighted by Crippen LogP contribution is 2.36. The van der Waals surface area contributed by atoms with Crippen LogP contribution < -0.4 is 15.0 Å². The van der Waals surface area contributed by atoms with Crippen LogP contribution in [0.15, 0.2) is 30.5 Å². The Morgan fingerprint density at radius 2 is 2.19 bits per heavy atom. The van der Waals surface area contributed by atoms with E-state index in [2.05, 4.69) is 26.3 Å². The van der Waals surface area contributed by atoms with Crippen molar-refractivity contribution in [1.82, 2.24) is 9.97 Å². The molecule has 110 valence electrons. The van der Waals surface area contributed by atoms with Gasteiger partial charge in [-0.15, -0.1) is 0 Å². The van der Waals surface area contributed by atoms with E-state index in [1.54, 1.807) is 0 Å². The molecule has 1 aliphatic heterocycles. The van der Waals surface area contributed by atoms with Gasteiger partial charge in [0.05, 0.1) is 12.3 Å². The van der Waals surface area contributed by atoms with Gasteiger partial charge in [0.15, 0.2) is 0 Å². The van der Waals surface area contributed by atoms with Gasteiger partial charge < -0.3 is 15.0 Å². The van der Waals surface area contributed by atoms with Crippen molar-refractivity contribution >= 4 is 17.5 Å². The zero-order valence-corrected chi connectivity index (χ0v) is 12.5. The van der Waals surface area contributed by atoms with Crippen LogP contribution in [0.1, 0.15) is 18.9 Å². The molecule has 0 radical (unpaired) electrons. The molecule has 0 saturated carbocycles. The number of rotatable bonds is 3. The number of nitrogens with zero attached hydrogens (tertiary/aromatic N) is 3. The van der Waals surface area contributed by atoms with Crippen LogP contribution in [0.5, 0.6) is 5.75 Å². The Bertz CT molecular complexity index is 629. The average molecular weight is 284 g/mol. The van der Waals surface area contributed by atoms with Crippen molar-refractivity contribution in [2.24, 2.45) is 0 Å². The lowest BCUT2D eigenvalue weighted by Gasteiger charge is -2.24. The standard InChI is InChI=1S/C16H20N4O/c1-3-17-16-18-11-12(2)15(19-16)20-9-6-10-21-14-8-5-4-7-13(14)20/h4-5,7-8,11H,3,6,9-10H2,1-2H3,(H,17,18,19). The fourth-order valence-corrected chi connectivity index (χ4v) is 2.50. The normalized spacial score (nSPS) is 14.1. The Labute approximate surface area is 125 Å². The summed E-state index contributed by atoms with van der Waals surface area (Å²) in [7, 11) is 0. The summed E-state index contributed by atoms with van der Waals surface area (Å²) >= 11 is 0. The first-order valence-corrected chi connectivity index (χ1v) is 7.36. The molecule has 0 spiro atoms. The first-order valence-electron chi connectivity index (χ1n) is 7.36. The minimum atomic E-state index is 0.667. The maximum atomic E-state index is 5.82. The predicted molar refractivity (Wildman–Crippen MR) is 84.5 cm³/mol. The second-order valence-corrected chi connectivity index (χ2v) is 5.05. The lowest BCUT2D eigenvalue weighted by molar-refractivity contribution is 0.322. The minimum Gasteiger partial charge on any atom is -0.491 e. The lowest BCUT2D eigenvalue weighted by Crippen LogP contribution is -2.21. The summed E-state index contributed by atoms with van der Waals surface area (Å²) in [5.74, 6) is 2.53. The second kappa shape index (κ2) is 5.99. The van der Waals surface area contributed by atoms with Crippen molar-refractivity contribution in [1.29, 1.82) is 0 Å². The molecule has 0 amide bonds. The van der Waals surface area contributed by atoms with E-state index in [-0.39, 0.29) is 0 Å². The highest BCUT2D eigenvalue weighted by Gasteiger charge is 2.20. The van der Waals surface area contributed by atoms with Gasteiger partial charge in [-0.3, -0.25) is 0 Å². The molecule has 0 aliphatic carbocycles. The van der Waals surface area contributed by atoms with Crippen molar-refractivity contribution in [3.8, 4) is 5.75 Å². The van der Waals surface area contributed by atoms with E-state index in [4.69, 9.17) is 4.74 Å². The molecule has 1 aromatic carbocycles. The van der Waals surface area contributed by atoms with E-state index in [9.17, 15) is 0 Å². The van der Waals surface area contributed by atoms with Gasteiger partial charge in [0.25, 0.3) is 0 Å². The first-order chi connectivity index (χ1) is 10.3. The Kier molecular flexibility index (Phi) is 3.90. The summed E-state index contributed by atoms with van der Waals surface area (Å²) < 4.78 is 5.82. The van der Waals surface area contributed by atoms with Crippen LogP contribution >= 0.6 is 0 Å². The molecule has 1 aliphatic rings. The summed E-state index contributed by atoms with van der Waals surface area (Å²) in [5, 5.41) is 3.17. The lowest BCUT2D eigenvalue weighted by atomic mass is 10.2. The summed E-state index contributed by atoms with van der Waals surface area (Å²) in [6, 6.07) is 8.12. The smallest absolute Gasteiger partial charge is 0.224 e. The van der Waals surface area contributed by atoms with Crippen molar-refractivity contribution < 1.29 is 4.74 Å². The van der Waals surface area contributed by atoms with Crippen LogP contribution in [0.2, 0.25) is 0 Å². The number of anilines is 3. The zero-order valence-electron chi connectivity index (χ0n) is 12.5. The van der Waals surface area contributed by atoms with Gasteiger partial charge >= 0.3 is 0 Å². The van der Waals surface area contributed by atoms with Gasteiger partial charge in [-0.25, -0.2) is 4.98 Å². The van der Waals surface area contributed by atoms with Gasteiger partial charge in [0.1, 0.15) is 11.6 Å². The number of hydrogen-bond donors (Lipinski definition) is 1. The molecule has 21 heavy (non-hydrogen) atoms. The monoisotopic (exact) mass is 284 g/mol. The van der Waals surface area contributed by atoms with Crippen LogP contribution in [0.4, 0.5) is 17.5 Å². The minimum absolute atomic E-state index is 0.667. The number of hydrogen-bond acceptors (Lipinski definition) is 5. The van der Waals surface area contributed by atoms with Crippen LogP contribution in [-0.2, 0) is 0 Å². The molecule has 0 fully saturated rings. The third kappa shape index (κ3) is 2.77. The molecular formula is C16H20N4O. The van der Waals surface area contributed by atoms with Gasteiger partial charge in [-0.05, 0) is 32.4 Å².